The maximum atomic E-state index is 11.0. The summed E-state index contributed by atoms with van der Waals surface area (Å²) in [5.41, 5.74) is 1.01. The zero-order chi connectivity index (χ0) is 14.1. The summed E-state index contributed by atoms with van der Waals surface area (Å²) in [6, 6.07) is 5.09. The molecule has 0 aromatic heterocycles. The minimum atomic E-state index is -0.406. The molecule has 0 bridgehead atoms. The number of rotatable bonds is 9. The van der Waals surface area contributed by atoms with Crippen LogP contribution >= 0.6 is 0 Å². The molecule has 0 saturated heterocycles. The van der Waals surface area contributed by atoms with Gasteiger partial charge in [-0.25, -0.2) is 0 Å². The molecule has 0 fully saturated rings. The number of benzene rings is 1. The standard InChI is InChI=1S/C12H19N3O4/c1-13-10-4-2-5-11(12(10)15(17)18)14-6-3-8-19-9-7-16/h2,4-5,13-14,16H,3,6-9H2,1H3. The summed E-state index contributed by atoms with van der Waals surface area (Å²) in [5, 5.41) is 25.4. The zero-order valence-corrected chi connectivity index (χ0v) is 10.9. The van der Waals surface area contributed by atoms with E-state index in [1.54, 1.807) is 25.2 Å². The molecule has 0 unspecified atom stereocenters. The maximum Gasteiger partial charge on any atom is 0.315 e. The van der Waals surface area contributed by atoms with E-state index < -0.39 is 4.92 Å². The molecule has 0 saturated carbocycles. The molecule has 7 nitrogen and oxygen atoms in total. The normalized spacial score (nSPS) is 10.2. The molecule has 0 aliphatic heterocycles. The number of nitrogens with one attached hydrogen (secondary N) is 2. The van der Waals surface area contributed by atoms with Crippen molar-refractivity contribution in [3.8, 4) is 0 Å². The lowest BCUT2D eigenvalue weighted by Crippen LogP contribution is -2.09. The van der Waals surface area contributed by atoms with E-state index in [-0.39, 0.29) is 12.3 Å². The van der Waals surface area contributed by atoms with Gasteiger partial charge in [-0.1, -0.05) is 6.07 Å². The molecule has 19 heavy (non-hydrogen) atoms. The predicted octanol–water partition coefficient (Wildman–Crippen LogP) is 1.45. The highest BCUT2D eigenvalue weighted by Crippen LogP contribution is 2.32. The van der Waals surface area contributed by atoms with Crippen LogP contribution in [0.5, 0.6) is 0 Å². The van der Waals surface area contributed by atoms with Crippen molar-refractivity contribution in [3.63, 3.8) is 0 Å². The SMILES string of the molecule is CNc1cccc(NCCCOCCO)c1[N+](=O)[O-]. The average Bonchev–Trinajstić information content (AvgIpc) is 2.42. The number of nitrogens with zero attached hydrogens (tertiary/aromatic N) is 1. The summed E-state index contributed by atoms with van der Waals surface area (Å²) in [5.74, 6) is 0. The average molecular weight is 269 g/mol. The number of hydrogen-bond donors (Lipinski definition) is 3. The molecular formula is C12H19N3O4. The van der Waals surface area contributed by atoms with Crippen LogP contribution in [0.3, 0.4) is 0 Å². The van der Waals surface area contributed by atoms with Crippen molar-refractivity contribution in [1.29, 1.82) is 0 Å². The number of nitro groups is 1. The van der Waals surface area contributed by atoms with E-state index in [9.17, 15) is 10.1 Å². The number of aliphatic hydroxyl groups excluding tert-OH is 1. The van der Waals surface area contributed by atoms with E-state index in [1.165, 1.54) is 0 Å². The van der Waals surface area contributed by atoms with Gasteiger partial charge in [-0.05, 0) is 18.6 Å². The van der Waals surface area contributed by atoms with E-state index in [4.69, 9.17) is 9.84 Å². The molecule has 0 radical (unpaired) electrons. The topological polar surface area (TPSA) is 96.7 Å². The third-order valence-electron chi connectivity index (χ3n) is 2.50. The number of aliphatic hydroxyl groups is 1. The van der Waals surface area contributed by atoms with Gasteiger partial charge in [-0.3, -0.25) is 10.1 Å². The van der Waals surface area contributed by atoms with Gasteiger partial charge in [0, 0.05) is 20.2 Å². The lowest BCUT2D eigenvalue weighted by Gasteiger charge is -2.10. The number of hydrogen-bond acceptors (Lipinski definition) is 6. The van der Waals surface area contributed by atoms with Crippen molar-refractivity contribution in [2.45, 2.75) is 6.42 Å². The second-order valence-electron chi connectivity index (χ2n) is 3.83. The van der Waals surface area contributed by atoms with Crippen molar-refractivity contribution in [2.75, 3.05) is 44.0 Å². The fourth-order valence-corrected chi connectivity index (χ4v) is 1.65. The zero-order valence-electron chi connectivity index (χ0n) is 10.9. The minimum absolute atomic E-state index is 0.00309. The summed E-state index contributed by atoms with van der Waals surface area (Å²) in [4.78, 5) is 10.6. The van der Waals surface area contributed by atoms with Gasteiger partial charge in [0.25, 0.3) is 0 Å². The quantitative estimate of drug-likeness (QED) is 0.356. The molecule has 0 aliphatic carbocycles. The third kappa shape index (κ3) is 4.72. The smallest absolute Gasteiger partial charge is 0.315 e. The van der Waals surface area contributed by atoms with Crippen molar-refractivity contribution in [2.24, 2.45) is 0 Å². The molecule has 3 N–H and O–H groups in total. The molecule has 7 heteroatoms. The summed E-state index contributed by atoms with van der Waals surface area (Å²) >= 11 is 0. The number of ether oxygens (including phenoxy) is 1. The Morgan fingerprint density at radius 2 is 2.11 bits per heavy atom. The van der Waals surface area contributed by atoms with Gasteiger partial charge in [0.15, 0.2) is 0 Å². The minimum Gasteiger partial charge on any atom is -0.394 e. The van der Waals surface area contributed by atoms with Crippen LogP contribution in [-0.4, -0.2) is 43.4 Å². The van der Waals surface area contributed by atoms with Crippen LogP contribution in [0.2, 0.25) is 0 Å². The number of anilines is 2. The van der Waals surface area contributed by atoms with Crippen LogP contribution in [0.15, 0.2) is 18.2 Å². The van der Waals surface area contributed by atoms with E-state index in [1.807, 2.05) is 0 Å². The molecule has 1 aromatic carbocycles. The van der Waals surface area contributed by atoms with Crippen LogP contribution in [0.25, 0.3) is 0 Å². The molecule has 0 amide bonds. The Hall–Kier alpha value is -1.86. The molecule has 1 rings (SSSR count). The lowest BCUT2D eigenvalue weighted by molar-refractivity contribution is -0.383. The van der Waals surface area contributed by atoms with Crippen molar-refractivity contribution >= 4 is 17.1 Å². The fourth-order valence-electron chi connectivity index (χ4n) is 1.65. The Labute approximate surface area is 111 Å². The first-order valence-corrected chi connectivity index (χ1v) is 6.08. The highest BCUT2D eigenvalue weighted by molar-refractivity contribution is 5.75. The van der Waals surface area contributed by atoms with Crippen LogP contribution in [0.1, 0.15) is 6.42 Å². The molecular weight excluding hydrogens is 250 g/mol. The Morgan fingerprint density at radius 1 is 1.37 bits per heavy atom. The number of para-hydroxylation sites is 1. The Kier molecular flexibility index (Phi) is 6.62. The molecule has 1 aromatic rings. The van der Waals surface area contributed by atoms with Gasteiger partial charge in [0.1, 0.15) is 11.4 Å². The Bertz CT molecular complexity index is 412. The van der Waals surface area contributed by atoms with Crippen LogP contribution < -0.4 is 10.6 Å². The summed E-state index contributed by atoms with van der Waals surface area (Å²) in [6.07, 6.45) is 0.709. The molecule has 106 valence electrons. The highest BCUT2D eigenvalue weighted by Gasteiger charge is 2.18. The summed E-state index contributed by atoms with van der Waals surface area (Å²) < 4.78 is 5.11. The number of nitro benzene ring substituents is 1. The third-order valence-corrected chi connectivity index (χ3v) is 2.50. The van der Waals surface area contributed by atoms with Crippen molar-refractivity contribution < 1.29 is 14.8 Å². The molecule has 0 aliphatic rings. The second kappa shape index (κ2) is 8.28. The first-order chi connectivity index (χ1) is 9.20. The van der Waals surface area contributed by atoms with Crippen LogP contribution in [0.4, 0.5) is 17.1 Å². The van der Waals surface area contributed by atoms with Gasteiger partial charge in [0.05, 0.1) is 18.1 Å². The van der Waals surface area contributed by atoms with E-state index in [0.717, 1.165) is 0 Å². The van der Waals surface area contributed by atoms with Gasteiger partial charge < -0.3 is 20.5 Å². The van der Waals surface area contributed by atoms with Gasteiger partial charge in [-0.15, -0.1) is 0 Å². The Morgan fingerprint density at radius 3 is 2.74 bits per heavy atom. The van der Waals surface area contributed by atoms with Gasteiger partial charge in [-0.2, -0.15) is 0 Å². The lowest BCUT2D eigenvalue weighted by atomic mass is 10.2. The Balaban J connectivity index is 2.55. The van der Waals surface area contributed by atoms with E-state index in [2.05, 4.69) is 10.6 Å². The summed E-state index contributed by atoms with van der Waals surface area (Å²) in [6.45, 7) is 1.39. The molecule has 0 heterocycles. The predicted molar refractivity (Wildman–Crippen MR) is 73.7 cm³/mol. The monoisotopic (exact) mass is 269 g/mol. The largest absolute Gasteiger partial charge is 0.394 e. The van der Waals surface area contributed by atoms with Gasteiger partial charge in [0.2, 0.25) is 0 Å². The summed E-state index contributed by atoms with van der Waals surface area (Å²) in [7, 11) is 1.65. The van der Waals surface area contributed by atoms with Crippen LogP contribution in [-0.2, 0) is 4.74 Å². The maximum absolute atomic E-state index is 11.0. The highest BCUT2D eigenvalue weighted by atomic mass is 16.6. The molecule has 0 atom stereocenters. The first-order valence-electron chi connectivity index (χ1n) is 6.08. The van der Waals surface area contributed by atoms with Gasteiger partial charge >= 0.3 is 5.69 Å². The fraction of sp³-hybridized carbons (Fsp3) is 0.500. The second-order valence-corrected chi connectivity index (χ2v) is 3.83. The van der Waals surface area contributed by atoms with E-state index >= 15 is 0 Å². The first kappa shape index (κ1) is 15.2. The van der Waals surface area contributed by atoms with E-state index in [0.29, 0.717) is 37.6 Å². The van der Waals surface area contributed by atoms with Crippen LogP contribution in [0, 0.1) is 10.1 Å². The molecule has 0 spiro atoms. The van der Waals surface area contributed by atoms with Crippen molar-refractivity contribution in [3.05, 3.63) is 28.3 Å². The van der Waals surface area contributed by atoms with Crippen molar-refractivity contribution in [1.82, 2.24) is 0 Å².